The highest BCUT2D eigenvalue weighted by Crippen LogP contribution is 2.23. The lowest BCUT2D eigenvalue weighted by Gasteiger charge is -2.12. The third-order valence-corrected chi connectivity index (χ3v) is 3.57. The summed E-state index contributed by atoms with van der Waals surface area (Å²) in [6.07, 6.45) is 0. The minimum absolute atomic E-state index is 0.0157. The van der Waals surface area contributed by atoms with E-state index in [4.69, 9.17) is 22.3 Å². The maximum absolute atomic E-state index is 8.96. The number of thiocarbonyl (C=S) groups is 1. The molecule has 0 aliphatic rings. The van der Waals surface area contributed by atoms with Crippen LogP contribution >= 0.6 is 12.2 Å². The van der Waals surface area contributed by atoms with Crippen LogP contribution in [0.2, 0.25) is 0 Å². The van der Waals surface area contributed by atoms with E-state index in [9.17, 15) is 0 Å². The van der Waals surface area contributed by atoms with Gasteiger partial charge in [0.2, 0.25) is 0 Å². The first-order chi connectivity index (χ1) is 10.8. The van der Waals surface area contributed by atoms with Gasteiger partial charge in [-0.05, 0) is 12.1 Å². The van der Waals surface area contributed by atoms with Gasteiger partial charge in [0.25, 0.3) is 0 Å². The molecule has 0 fully saturated rings. The van der Waals surface area contributed by atoms with E-state index >= 15 is 0 Å². The number of aliphatic hydroxyl groups excluding tert-OH is 1. The van der Waals surface area contributed by atoms with Gasteiger partial charge in [-0.25, -0.2) is 9.97 Å². The Bertz CT molecular complexity index is 805. The van der Waals surface area contributed by atoms with Gasteiger partial charge < -0.3 is 10.4 Å². The van der Waals surface area contributed by atoms with Crippen molar-refractivity contribution in [1.82, 2.24) is 15.3 Å². The zero-order chi connectivity index (χ0) is 15.4. The topological polar surface area (TPSA) is 58.0 Å². The van der Waals surface area contributed by atoms with Gasteiger partial charge in [-0.3, -0.25) is 0 Å². The number of nitrogens with one attached hydrogen (secondary N) is 1. The summed E-state index contributed by atoms with van der Waals surface area (Å²) in [5, 5.41) is 12.0. The molecule has 2 aromatic carbocycles. The molecule has 2 N–H and O–H groups in total. The van der Waals surface area contributed by atoms with E-state index in [0.717, 1.165) is 22.3 Å². The van der Waals surface area contributed by atoms with Crippen LogP contribution in [0.25, 0.3) is 22.3 Å². The summed E-state index contributed by atoms with van der Waals surface area (Å²) in [4.78, 5) is 9.87. The standard InChI is InChI=1S/C17H15N3OS/c21-11-10-18-17(22)16-15(12-6-2-1-3-7-12)19-13-8-4-5-9-14(13)20-16/h1-9,21H,10-11H2,(H,18,22). The largest absolute Gasteiger partial charge is 0.395 e. The second-order valence-electron chi connectivity index (χ2n) is 4.76. The Hall–Kier alpha value is -2.37. The molecular formula is C17H15N3OS. The maximum atomic E-state index is 8.96. The van der Waals surface area contributed by atoms with Crippen LogP contribution in [-0.4, -0.2) is 33.2 Å². The van der Waals surface area contributed by atoms with Gasteiger partial charge in [0.15, 0.2) is 0 Å². The highest BCUT2D eigenvalue weighted by Gasteiger charge is 2.14. The Morgan fingerprint density at radius 1 is 0.955 bits per heavy atom. The predicted molar refractivity (Wildman–Crippen MR) is 91.8 cm³/mol. The van der Waals surface area contributed by atoms with Gasteiger partial charge >= 0.3 is 0 Å². The van der Waals surface area contributed by atoms with E-state index in [1.54, 1.807) is 0 Å². The van der Waals surface area contributed by atoms with Crippen molar-refractivity contribution >= 4 is 28.2 Å². The van der Waals surface area contributed by atoms with Crippen LogP contribution in [0.15, 0.2) is 54.6 Å². The van der Waals surface area contributed by atoms with Crippen molar-refractivity contribution in [3.63, 3.8) is 0 Å². The van der Waals surface area contributed by atoms with Crippen molar-refractivity contribution < 1.29 is 5.11 Å². The van der Waals surface area contributed by atoms with Crippen LogP contribution in [-0.2, 0) is 0 Å². The molecule has 3 aromatic rings. The minimum Gasteiger partial charge on any atom is -0.395 e. The Morgan fingerprint density at radius 2 is 1.59 bits per heavy atom. The molecular weight excluding hydrogens is 294 g/mol. The van der Waals surface area contributed by atoms with Crippen molar-refractivity contribution in [2.75, 3.05) is 13.2 Å². The summed E-state index contributed by atoms with van der Waals surface area (Å²) in [5.74, 6) is 0. The van der Waals surface area contributed by atoms with Crippen molar-refractivity contribution in [2.24, 2.45) is 0 Å². The Balaban J connectivity index is 2.16. The molecule has 0 atom stereocenters. The molecule has 0 bridgehead atoms. The fourth-order valence-electron chi connectivity index (χ4n) is 2.21. The summed E-state index contributed by atoms with van der Waals surface area (Å²) in [6.45, 7) is 0.406. The zero-order valence-electron chi connectivity index (χ0n) is 11.9. The van der Waals surface area contributed by atoms with Crippen LogP contribution in [0.1, 0.15) is 5.69 Å². The molecule has 3 rings (SSSR count). The van der Waals surface area contributed by atoms with Crippen LogP contribution in [0.3, 0.4) is 0 Å². The lowest BCUT2D eigenvalue weighted by Crippen LogP contribution is -2.27. The number of hydrogen-bond donors (Lipinski definition) is 2. The first-order valence-electron chi connectivity index (χ1n) is 7.01. The van der Waals surface area contributed by atoms with Gasteiger partial charge in [-0.15, -0.1) is 0 Å². The molecule has 0 aliphatic carbocycles. The van der Waals surface area contributed by atoms with Crippen LogP contribution in [0.4, 0.5) is 0 Å². The molecule has 110 valence electrons. The molecule has 0 unspecified atom stereocenters. The summed E-state index contributed by atoms with van der Waals surface area (Å²) < 4.78 is 0. The fraction of sp³-hybridized carbons (Fsp3) is 0.118. The molecule has 0 radical (unpaired) electrons. The molecule has 0 saturated heterocycles. The van der Waals surface area contributed by atoms with Gasteiger partial charge in [-0.1, -0.05) is 54.7 Å². The highest BCUT2D eigenvalue weighted by molar-refractivity contribution is 7.80. The molecule has 5 heteroatoms. The average Bonchev–Trinajstić information content (AvgIpc) is 2.59. The Labute approximate surface area is 133 Å². The number of aromatic nitrogens is 2. The van der Waals surface area contributed by atoms with Gasteiger partial charge in [-0.2, -0.15) is 0 Å². The number of aliphatic hydroxyl groups is 1. The van der Waals surface area contributed by atoms with E-state index in [1.807, 2.05) is 54.6 Å². The second kappa shape index (κ2) is 6.60. The van der Waals surface area contributed by atoms with Crippen molar-refractivity contribution in [3.05, 3.63) is 60.3 Å². The molecule has 0 aliphatic heterocycles. The molecule has 0 saturated carbocycles. The zero-order valence-corrected chi connectivity index (χ0v) is 12.7. The number of nitrogens with zero attached hydrogens (tertiary/aromatic N) is 2. The third kappa shape index (κ3) is 2.95. The van der Waals surface area contributed by atoms with Crippen LogP contribution in [0, 0.1) is 0 Å². The van der Waals surface area contributed by atoms with E-state index in [2.05, 4.69) is 10.3 Å². The van der Waals surface area contributed by atoms with Gasteiger partial charge in [0.1, 0.15) is 10.7 Å². The molecule has 0 amide bonds. The van der Waals surface area contributed by atoms with E-state index in [1.165, 1.54) is 0 Å². The molecule has 0 spiro atoms. The van der Waals surface area contributed by atoms with Crippen molar-refractivity contribution in [2.45, 2.75) is 0 Å². The predicted octanol–water partition coefficient (Wildman–Crippen LogP) is 2.55. The van der Waals surface area contributed by atoms with Gasteiger partial charge in [0.05, 0.1) is 23.3 Å². The summed E-state index contributed by atoms with van der Waals surface area (Å²) in [6, 6.07) is 17.5. The van der Waals surface area contributed by atoms with Crippen molar-refractivity contribution in [1.29, 1.82) is 0 Å². The van der Waals surface area contributed by atoms with Crippen molar-refractivity contribution in [3.8, 4) is 11.3 Å². The number of fused-ring (bicyclic) bond motifs is 1. The second-order valence-corrected chi connectivity index (χ2v) is 5.16. The highest BCUT2D eigenvalue weighted by atomic mass is 32.1. The quantitative estimate of drug-likeness (QED) is 0.725. The lowest BCUT2D eigenvalue weighted by atomic mass is 10.1. The monoisotopic (exact) mass is 309 g/mol. The number of hydrogen-bond acceptors (Lipinski definition) is 4. The summed E-state index contributed by atoms with van der Waals surface area (Å²) in [5.41, 5.74) is 3.97. The number of rotatable bonds is 4. The normalized spacial score (nSPS) is 10.6. The smallest absolute Gasteiger partial charge is 0.127 e. The molecule has 1 aromatic heterocycles. The molecule has 4 nitrogen and oxygen atoms in total. The third-order valence-electron chi connectivity index (χ3n) is 3.23. The first-order valence-corrected chi connectivity index (χ1v) is 7.41. The van der Waals surface area contributed by atoms with E-state index in [0.29, 0.717) is 17.2 Å². The number of benzene rings is 2. The minimum atomic E-state index is 0.0157. The Morgan fingerprint density at radius 3 is 2.27 bits per heavy atom. The van der Waals surface area contributed by atoms with Gasteiger partial charge in [0, 0.05) is 12.1 Å². The SMILES string of the molecule is OCCNC(=S)c1nc2ccccc2nc1-c1ccccc1. The molecule has 1 heterocycles. The maximum Gasteiger partial charge on any atom is 0.127 e. The molecule has 22 heavy (non-hydrogen) atoms. The average molecular weight is 309 g/mol. The summed E-state index contributed by atoms with van der Waals surface area (Å²) >= 11 is 5.41. The lowest BCUT2D eigenvalue weighted by molar-refractivity contribution is 0.301. The Kier molecular flexibility index (Phi) is 4.37. The number of para-hydroxylation sites is 2. The summed E-state index contributed by atoms with van der Waals surface area (Å²) in [7, 11) is 0. The van der Waals surface area contributed by atoms with Crippen LogP contribution in [0.5, 0.6) is 0 Å². The van der Waals surface area contributed by atoms with E-state index in [-0.39, 0.29) is 6.61 Å². The van der Waals surface area contributed by atoms with Crippen LogP contribution < -0.4 is 5.32 Å². The fourth-order valence-corrected chi connectivity index (χ4v) is 2.45. The first kappa shape index (κ1) is 14.6. The van der Waals surface area contributed by atoms with E-state index < -0.39 is 0 Å².